The molecule has 1 fully saturated rings. The molecule has 1 saturated heterocycles. The molecule has 0 aromatic heterocycles. The average molecular weight is 346 g/mol. The Bertz CT molecular complexity index is 514. The van der Waals surface area contributed by atoms with Crippen molar-refractivity contribution in [3.05, 3.63) is 28.2 Å². The van der Waals surface area contributed by atoms with Crippen molar-refractivity contribution in [3.63, 3.8) is 0 Å². The Labute approximate surface area is 141 Å². The molecule has 22 heavy (non-hydrogen) atoms. The molecule has 0 bridgehead atoms. The number of hydroxylamine groups is 2. The maximum Gasteiger partial charge on any atom is 0.330 e. The first-order chi connectivity index (χ1) is 10.2. The summed E-state index contributed by atoms with van der Waals surface area (Å²) in [6.07, 6.45) is 1.63. The van der Waals surface area contributed by atoms with Crippen LogP contribution in [0.25, 0.3) is 0 Å². The van der Waals surface area contributed by atoms with Crippen molar-refractivity contribution in [2.24, 2.45) is 5.41 Å². The molecular weight excluding hydrogens is 325 g/mol. The number of hydrogen-bond donors (Lipinski definition) is 0. The maximum absolute atomic E-state index is 11.9. The number of halogens is 2. The monoisotopic (exact) mass is 345 g/mol. The van der Waals surface area contributed by atoms with Crippen LogP contribution in [0.4, 0.5) is 0 Å². The zero-order valence-corrected chi connectivity index (χ0v) is 14.6. The van der Waals surface area contributed by atoms with Crippen LogP contribution in [-0.4, -0.2) is 30.2 Å². The van der Waals surface area contributed by atoms with Crippen molar-refractivity contribution < 1.29 is 14.4 Å². The van der Waals surface area contributed by atoms with E-state index in [0.717, 1.165) is 12.8 Å². The molecule has 0 unspecified atom stereocenters. The number of ether oxygens (including phenoxy) is 1. The van der Waals surface area contributed by atoms with Crippen LogP contribution < -0.4 is 4.74 Å². The molecule has 0 saturated carbocycles. The molecule has 1 heterocycles. The average Bonchev–Trinajstić information content (AvgIpc) is 2.38. The summed E-state index contributed by atoms with van der Waals surface area (Å²) in [5.74, 6) is 0.455. The van der Waals surface area contributed by atoms with Crippen LogP contribution in [0.1, 0.15) is 33.6 Å². The van der Waals surface area contributed by atoms with Gasteiger partial charge in [0.25, 0.3) is 0 Å². The maximum atomic E-state index is 11.9. The summed E-state index contributed by atoms with van der Waals surface area (Å²) in [4.78, 5) is 17.2. The highest BCUT2D eigenvalue weighted by Crippen LogP contribution is 2.27. The molecule has 0 radical (unpaired) electrons. The van der Waals surface area contributed by atoms with Gasteiger partial charge in [0.1, 0.15) is 11.9 Å². The number of piperidine rings is 1. The highest BCUT2D eigenvalue weighted by atomic mass is 35.5. The van der Waals surface area contributed by atoms with Crippen molar-refractivity contribution in [2.45, 2.75) is 39.7 Å². The number of nitrogens with zero attached hydrogens (tertiary/aromatic N) is 1. The first-order valence-electron chi connectivity index (χ1n) is 7.34. The summed E-state index contributed by atoms with van der Waals surface area (Å²) < 4.78 is 5.90. The highest BCUT2D eigenvalue weighted by molar-refractivity contribution is 6.34. The molecule has 1 aromatic rings. The fourth-order valence-corrected chi connectivity index (χ4v) is 2.59. The van der Waals surface area contributed by atoms with E-state index in [0.29, 0.717) is 28.9 Å². The molecule has 4 nitrogen and oxygen atoms in total. The summed E-state index contributed by atoms with van der Waals surface area (Å²) >= 11 is 11.9. The normalized spacial score (nSPS) is 17.3. The predicted molar refractivity (Wildman–Crippen MR) is 87.2 cm³/mol. The van der Waals surface area contributed by atoms with E-state index in [9.17, 15) is 4.79 Å². The molecule has 1 aromatic carbocycles. The number of hydrogen-bond acceptors (Lipinski definition) is 4. The Morgan fingerprint density at radius 2 is 1.68 bits per heavy atom. The fraction of sp³-hybridized carbons (Fsp3) is 0.562. The van der Waals surface area contributed by atoms with E-state index < -0.39 is 5.41 Å². The quantitative estimate of drug-likeness (QED) is 0.816. The molecule has 0 spiro atoms. The van der Waals surface area contributed by atoms with E-state index in [1.807, 2.05) is 20.8 Å². The lowest BCUT2D eigenvalue weighted by molar-refractivity contribution is -0.207. The molecule has 1 aliphatic rings. The third-order valence-electron chi connectivity index (χ3n) is 3.36. The van der Waals surface area contributed by atoms with Gasteiger partial charge < -0.3 is 9.57 Å². The molecule has 2 rings (SSSR count). The lowest BCUT2D eigenvalue weighted by Crippen LogP contribution is -2.41. The van der Waals surface area contributed by atoms with E-state index in [4.69, 9.17) is 32.8 Å². The predicted octanol–water partition coefficient (Wildman–Crippen LogP) is 4.34. The zero-order valence-electron chi connectivity index (χ0n) is 13.1. The van der Waals surface area contributed by atoms with E-state index in [2.05, 4.69) is 0 Å². The zero-order chi connectivity index (χ0) is 16.3. The summed E-state index contributed by atoms with van der Waals surface area (Å²) in [5, 5.41) is 2.82. The lowest BCUT2D eigenvalue weighted by atomic mass is 9.98. The minimum absolute atomic E-state index is 0.0686. The minimum Gasteiger partial charge on any atom is -0.490 e. The standard InChI is InChI=1S/C16H21Cl2NO3/c1-16(2,3)15(20)22-19-6-4-13(5-7-19)21-14-9-11(17)8-12(18)10-14/h8-10,13H,4-7H2,1-3H3. The van der Waals surface area contributed by atoms with Crippen LogP contribution in [0.2, 0.25) is 10.0 Å². The second-order valence-electron chi connectivity index (χ2n) is 6.48. The Kier molecular flexibility index (Phi) is 5.59. The summed E-state index contributed by atoms with van der Waals surface area (Å²) in [6, 6.07) is 5.17. The molecule has 1 aliphatic heterocycles. The number of rotatable bonds is 3. The van der Waals surface area contributed by atoms with Gasteiger partial charge in [-0.25, -0.2) is 4.79 Å². The van der Waals surface area contributed by atoms with Gasteiger partial charge in [-0.3, -0.25) is 0 Å². The summed E-state index contributed by atoms with van der Waals surface area (Å²) in [6.45, 7) is 6.83. The molecule has 6 heteroatoms. The van der Waals surface area contributed by atoms with Gasteiger partial charge >= 0.3 is 5.97 Å². The van der Waals surface area contributed by atoms with Gasteiger partial charge in [0.15, 0.2) is 0 Å². The van der Waals surface area contributed by atoms with E-state index in [1.165, 1.54) is 0 Å². The third kappa shape index (κ3) is 5.04. The smallest absolute Gasteiger partial charge is 0.330 e. The first-order valence-corrected chi connectivity index (χ1v) is 8.10. The van der Waals surface area contributed by atoms with Crippen molar-refractivity contribution >= 4 is 29.2 Å². The topological polar surface area (TPSA) is 38.8 Å². The minimum atomic E-state index is -0.495. The van der Waals surface area contributed by atoms with Crippen LogP contribution in [-0.2, 0) is 9.63 Å². The summed E-state index contributed by atoms with van der Waals surface area (Å²) in [7, 11) is 0. The van der Waals surface area contributed by atoms with Crippen molar-refractivity contribution in [2.75, 3.05) is 13.1 Å². The van der Waals surface area contributed by atoms with Gasteiger partial charge in [0.05, 0.1) is 5.41 Å². The molecule has 0 N–H and O–H groups in total. The van der Waals surface area contributed by atoms with Gasteiger partial charge in [-0.1, -0.05) is 23.2 Å². The second-order valence-corrected chi connectivity index (χ2v) is 7.35. The second kappa shape index (κ2) is 7.07. The molecule has 122 valence electrons. The van der Waals surface area contributed by atoms with E-state index in [-0.39, 0.29) is 12.1 Å². The van der Waals surface area contributed by atoms with Crippen molar-refractivity contribution in [1.29, 1.82) is 0 Å². The molecule has 0 amide bonds. The van der Waals surface area contributed by atoms with Gasteiger partial charge in [-0.05, 0) is 39.0 Å². The molecule has 0 atom stereocenters. The van der Waals surface area contributed by atoms with Crippen molar-refractivity contribution in [3.8, 4) is 5.75 Å². The van der Waals surface area contributed by atoms with E-state index >= 15 is 0 Å². The molecular formula is C16H21Cl2NO3. The van der Waals surface area contributed by atoms with Gasteiger partial charge in [0, 0.05) is 36.0 Å². The Morgan fingerprint density at radius 1 is 1.14 bits per heavy atom. The Morgan fingerprint density at radius 3 is 2.18 bits per heavy atom. The lowest BCUT2D eigenvalue weighted by Gasteiger charge is -2.32. The largest absolute Gasteiger partial charge is 0.490 e. The summed E-state index contributed by atoms with van der Waals surface area (Å²) in [5.41, 5.74) is -0.495. The highest BCUT2D eigenvalue weighted by Gasteiger charge is 2.28. The number of benzene rings is 1. The molecule has 0 aliphatic carbocycles. The van der Waals surface area contributed by atoms with Gasteiger partial charge in [-0.15, -0.1) is 5.06 Å². The number of carbonyl (C=O) groups is 1. The van der Waals surface area contributed by atoms with Crippen LogP contribution in [0.3, 0.4) is 0 Å². The van der Waals surface area contributed by atoms with Crippen LogP contribution in [0.15, 0.2) is 18.2 Å². The van der Waals surface area contributed by atoms with Crippen LogP contribution in [0.5, 0.6) is 5.75 Å². The Hall–Kier alpha value is -0.970. The van der Waals surface area contributed by atoms with Crippen LogP contribution in [0, 0.1) is 5.41 Å². The first kappa shape index (κ1) is 17.4. The van der Waals surface area contributed by atoms with E-state index in [1.54, 1.807) is 23.3 Å². The van der Waals surface area contributed by atoms with Crippen LogP contribution >= 0.6 is 23.2 Å². The van der Waals surface area contributed by atoms with Gasteiger partial charge in [-0.2, -0.15) is 0 Å². The third-order valence-corrected chi connectivity index (χ3v) is 3.80. The van der Waals surface area contributed by atoms with Gasteiger partial charge in [0.2, 0.25) is 0 Å². The number of carbonyl (C=O) groups excluding carboxylic acids is 1. The SMILES string of the molecule is CC(C)(C)C(=O)ON1CCC(Oc2cc(Cl)cc(Cl)c2)CC1. The Balaban J connectivity index is 1.83. The van der Waals surface area contributed by atoms with Crippen molar-refractivity contribution in [1.82, 2.24) is 5.06 Å². The fourth-order valence-electron chi connectivity index (χ4n) is 2.08.